The van der Waals surface area contributed by atoms with Crippen molar-refractivity contribution in [3.05, 3.63) is 53.1 Å². The third-order valence-corrected chi connectivity index (χ3v) is 6.50. The van der Waals surface area contributed by atoms with Crippen LogP contribution in [0.15, 0.2) is 30.3 Å². The van der Waals surface area contributed by atoms with Crippen LogP contribution in [-0.2, 0) is 17.9 Å². The molecule has 1 aromatic carbocycles. The standard InChI is InChI=1S/C23H29FN6O3/c1-23(22(33)26-14-16-5-7-17(24)8-6-16)15-30-19(21(32)28(23)2)13-18(27-30)20(31)25-9-12-29-10-3-4-11-29/h5-8,13H,3-4,9-12,14-15H2,1-2H3,(H,25,31)(H,26,33)/t23-/m0/s1. The Morgan fingerprint density at radius 1 is 1.15 bits per heavy atom. The summed E-state index contributed by atoms with van der Waals surface area (Å²) in [5.41, 5.74) is -0.0273. The van der Waals surface area contributed by atoms with E-state index in [1.165, 1.54) is 40.6 Å². The number of rotatable bonds is 7. The van der Waals surface area contributed by atoms with Crippen molar-refractivity contribution in [3.63, 3.8) is 0 Å². The molecule has 9 nitrogen and oxygen atoms in total. The van der Waals surface area contributed by atoms with Crippen LogP contribution in [-0.4, -0.2) is 76.1 Å². The fraction of sp³-hybridized carbons (Fsp3) is 0.478. The van der Waals surface area contributed by atoms with Crippen LogP contribution in [0.2, 0.25) is 0 Å². The van der Waals surface area contributed by atoms with Gasteiger partial charge in [0.05, 0.1) is 6.54 Å². The van der Waals surface area contributed by atoms with E-state index in [2.05, 4.69) is 20.6 Å². The van der Waals surface area contributed by atoms with Crippen LogP contribution in [0.25, 0.3) is 0 Å². The predicted octanol–water partition coefficient (Wildman–Crippen LogP) is 1.01. The number of hydrogen-bond donors (Lipinski definition) is 2. The van der Waals surface area contributed by atoms with Crippen molar-refractivity contribution in [2.45, 2.75) is 38.4 Å². The Bertz CT molecular complexity index is 1050. The van der Waals surface area contributed by atoms with Crippen molar-refractivity contribution in [1.29, 1.82) is 0 Å². The molecule has 0 bridgehead atoms. The van der Waals surface area contributed by atoms with Crippen molar-refractivity contribution in [3.8, 4) is 0 Å². The first-order valence-corrected chi connectivity index (χ1v) is 11.2. The highest BCUT2D eigenvalue weighted by Gasteiger charge is 2.46. The van der Waals surface area contributed by atoms with Gasteiger partial charge < -0.3 is 20.4 Å². The molecule has 1 atom stereocenters. The molecule has 176 valence electrons. The monoisotopic (exact) mass is 456 g/mol. The molecule has 0 radical (unpaired) electrons. The maximum absolute atomic E-state index is 13.1. The van der Waals surface area contributed by atoms with Crippen molar-refractivity contribution in [1.82, 2.24) is 30.2 Å². The molecule has 0 spiro atoms. The van der Waals surface area contributed by atoms with Gasteiger partial charge >= 0.3 is 0 Å². The van der Waals surface area contributed by atoms with Gasteiger partial charge in [0, 0.05) is 32.7 Å². The lowest BCUT2D eigenvalue weighted by Crippen LogP contribution is -2.62. The zero-order chi connectivity index (χ0) is 23.6. The number of likely N-dealkylation sites (N-methyl/N-ethyl adjacent to an activating group) is 1. The maximum Gasteiger partial charge on any atom is 0.272 e. The highest BCUT2D eigenvalue weighted by Crippen LogP contribution is 2.26. The van der Waals surface area contributed by atoms with Gasteiger partial charge in [-0.15, -0.1) is 0 Å². The van der Waals surface area contributed by atoms with Gasteiger partial charge in [-0.25, -0.2) is 4.39 Å². The fourth-order valence-electron chi connectivity index (χ4n) is 4.24. The van der Waals surface area contributed by atoms with Crippen LogP contribution in [0.3, 0.4) is 0 Å². The number of halogens is 1. The largest absolute Gasteiger partial charge is 0.350 e. The van der Waals surface area contributed by atoms with Crippen LogP contribution in [0.4, 0.5) is 4.39 Å². The summed E-state index contributed by atoms with van der Waals surface area (Å²) in [6.45, 7) is 5.37. The Morgan fingerprint density at radius 2 is 1.85 bits per heavy atom. The number of nitrogens with one attached hydrogen (secondary N) is 2. The Hall–Kier alpha value is -3.27. The van der Waals surface area contributed by atoms with Crippen LogP contribution in [0.5, 0.6) is 0 Å². The highest BCUT2D eigenvalue weighted by atomic mass is 19.1. The van der Waals surface area contributed by atoms with E-state index in [1.54, 1.807) is 26.1 Å². The molecule has 0 unspecified atom stereocenters. The summed E-state index contributed by atoms with van der Waals surface area (Å²) in [7, 11) is 1.56. The molecule has 4 rings (SSSR count). The molecular weight excluding hydrogens is 427 g/mol. The molecule has 2 N–H and O–H groups in total. The van der Waals surface area contributed by atoms with E-state index in [1.807, 2.05) is 0 Å². The molecule has 33 heavy (non-hydrogen) atoms. The molecule has 0 saturated carbocycles. The highest BCUT2D eigenvalue weighted by molar-refractivity contribution is 6.01. The van der Waals surface area contributed by atoms with E-state index >= 15 is 0 Å². The maximum atomic E-state index is 13.1. The number of aromatic nitrogens is 2. The third-order valence-electron chi connectivity index (χ3n) is 6.50. The molecule has 1 aromatic heterocycles. The molecule has 1 saturated heterocycles. The lowest BCUT2D eigenvalue weighted by Gasteiger charge is -2.40. The zero-order valence-electron chi connectivity index (χ0n) is 18.9. The molecule has 2 aliphatic rings. The van der Waals surface area contributed by atoms with Gasteiger partial charge in [-0.2, -0.15) is 5.10 Å². The summed E-state index contributed by atoms with van der Waals surface area (Å²) in [6.07, 6.45) is 2.38. The molecule has 1 fully saturated rings. The van der Waals surface area contributed by atoms with E-state index in [9.17, 15) is 18.8 Å². The summed E-state index contributed by atoms with van der Waals surface area (Å²) >= 11 is 0. The SMILES string of the molecule is CN1C(=O)c2cc(C(=O)NCCN3CCCC3)nn2C[C@@]1(C)C(=O)NCc1ccc(F)cc1. The van der Waals surface area contributed by atoms with E-state index in [0.29, 0.717) is 6.54 Å². The lowest BCUT2D eigenvalue weighted by atomic mass is 9.96. The number of carbonyl (C=O) groups is 3. The average Bonchev–Trinajstić information content (AvgIpc) is 3.47. The molecule has 2 aromatic rings. The smallest absolute Gasteiger partial charge is 0.272 e. The molecular formula is C23H29FN6O3. The number of nitrogens with zero attached hydrogens (tertiary/aromatic N) is 4. The predicted molar refractivity (Wildman–Crippen MR) is 119 cm³/mol. The van der Waals surface area contributed by atoms with Crippen LogP contribution in [0, 0.1) is 5.82 Å². The van der Waals surface area contributed by atoms with Gasteiger partial charge in [-0.3, -0.25) is 19.1 Å². The zero-order valence-corrected chi connectivity index (χ0v) is 18.9. The number of hydrogen-bond acceptors (Lipinski definition) is 5. The second-order valence-electron chi connectivity index (χ2n) is 8.82. The Morgan fingerprint density at radius 3 is 2.55 bits per heavy atom. The van der Waals surface area contributed by atoms with E-state index in [-0.39, 0.29) is 48.0 Å². The van der Waals surface area contributed by atoms with Gasteiger partial charge in [-0.05, 0) is 50.6 Å². The normalized spacial score (nSPS) is 20.6. The number of fused-ring (bicyclic) bond motifs is 1. The van der Waals surface area contributed by atoms with Crippen molar-refractivity contribution in [2.75, 3.05) is 33.2 Å². The summed E-state index contributed by atoms with van der Waals surface area (Å²) in [5.74, 6) is -1.43. The molecule has 10 heteroatoms. The fourth-order valence-corrected chi connectivity index (χ4v) is 4.24. The van der Waals surface area contributed by atoms with Crippen molar-refractivity contribution in [2.24, 2.45) is 0 Å². The van der Waals surface area contributed by atoms with Gasteiger partial charge in [0.1, 0.15) is 17.1 Å². The molecule has 0 aliphatic carbocycles. The van der Waals surface area contributed by atoms with Gasteiger partial charge in [0.2, 0.25) is 5.91 Å². The van der Waals surface area contributed by atoms with Crippen molar-refractivity contribution < 1.29 is 18.8 Å². The Balaban J connectivity index is 1.41. The van der Waals surface area contributed by atoms with Crippen molar-refractivity contribution >= 4 is 17.7 Å². The first-order valence-electron chi connectivity index (χ1n) is 11.2. The van der Waals surface area contributed by atoms with Crippen LogP contribution < -0.4 is 10.6 Å². The van der Waals surface area contributed by atoms with Crippen LogP contribution in [0.1, 0.15) is 46.3 Å². The van der Waals surface area contributed by atoms with Gasteiger partial charge in [0.25, 0.3) is 11.8 Å². The molecule has 3 amide bonds. The first-order chi connectivity index (χ1) is 15.8. The van der Waals surface area contributed by atoms with E-state index in [4.69, 9.17) is 0 Å². The number of carbonyl (C=O) groups excluding carboxylic acids is 3. The summed E-state index contributed by atoms with van der Waals surface area (Å²) in [4.78, 5) is 42.2. The topological polar surface area (TPSA) is 99.6 Å². The second-order valence-corrected chi connectivity index (χ2v) is 8.82. The Labute approximate surface area is 191 Å². The molecule has 3 heterocycles. The van der Waals surface area contributed by atoms with E-state index in [0.717, 1.165) is 25.2 Å². The lowest BCUT2D eigenvalue weighted by molar-refractivity contribution is -0.132. The number of benzene rings is 1. The van der Waals surface area contributed by atoms with Gasteiger partial charge in [0.15, 0.2) is 5.69 Å². The summed E-state index contributed by atoms with van der Waals surface area (Å²) in [5, 5.41) is 9.99. The quantitative estimate of drug-likeness (QED) is 0.648. The number of likely N-dealkylation sites (tertiary alicyclic amines) is 1. The van der Waals surface area contributed by atoms with E-state index < -0.39 is 5.54 Å². The average molecular weight is 457 g/mol. The first kappa shape index (κ1) is 22.9. The minimum absolute atomic E-state index is 0.112. The second kappa shape index (κ2) is 9.30. The minimum Gasteiger partial charge on any atom is -0.350 e. The summed E-state index contributed by atoms with van der Waals surface area (Å²) < 4.78 is 14.5. The number of amides is 3. The van der Waals surface area contributed by atoms with Crippen LogP contribution >= 0.6 is 0 Å². The van der Waals surface area contributed by atoms with Gasteiger partial charge in [-0.1, -0.05) is 12.1 Å². The summed E-state index contributed by atoms with van der Waals surface area (Å²) in [6, 6.07) is 7.31. The minimum atomic E-state index is -1.19. The Kier molecular flexibility index (Phi) is 6.46. The molecule has 2 aliphatic heterocycles. The third kappa shape index (κ3) is 4.75.